The predicted molar refractivity (Wildman–Crippen MR) is 77.7 cm³/mol. The highest BCUT2D eigenvalue weighted by molar-refractivity contribution is 7.89. The fraction of sp³-hybridized carbons (Fsp3) is 0.533. The minimum absolute atomic E-state index is 0.150. The van der Waals surface area contributed by atoms with Crippen molar-refractivity contribution in [3.05, 3.63) is 29.3 Å². The summed E-state index contributed by atoms with van der Waals surface area (Å²) >= 11 is 0. The molecule has 0 aromatic heterocycles. The Morgan fingerprint density at radius 1 is 1.40 bits per heavy atom. The van der Waals surface area contributed by atoms with E-state index in [9.17, 15) is 8.42 Å². The standard InChI is InChI=1S/C15H20N2O2S/c1-3-4-9-17(14-7-8-14)20(18,19)15-10-13(11-16)6-5-12(15)2/h5-6,10,14H,3-4,7-9H2,1-2H3. The van der Waals surface area contributed by atoms with Crippen molar-refractivity contribution in [2.24, 2.45) is 0 Å². The second-order valence-corrected chi connectivity index (χ2v) is 7.15. The minimum Gasteiger partial charge on any atom is -0.207 e. The van der Waals surface area contributed by atoms with Crippen LogP contribution in [0.3, 0.4) is 0 Å². The van der Waals surface area contributed by atoms with Gasteiger partial charge in [0.15, 0.2) is 0 Å². The zero-order valence-electron chi connectivity index (χ0n) is 12.0. The third kappa shape index (κ3) is 3.02. The lowest BCUT2D eigenvalue weighted by Crippen LogP contribution is -2.34. The Kier molecular flexibility index (Phi) is 4.46. The third-order valence-corrected chi connectivity index (χ3v) is 5.68. The van der Waals surface area contributed by atoms with E-state index in [1.54, 1.807) is 23.4 Å². The molecular formula is C15H20N2O2S. The monoisotopic (exact) mass is 292 g/mol. The van der Waals surface area contributed by atoms with Crippen molar-refractivity contribution >= 4 is 10.0 Å². The summed E-state index contributed by atoms with van der Waals surface area (Å²) in [5.41, 5.74) is 1.09. The van der Waals surface area contributed by atoms with Gasteiger partial charge in [-0.3, -0.25) is 0 Å². The van der Waals surface area contributed by atoms with Crippen LogP contribution >= 0.6 is 0 Å². The van der Waals surface area contributed by atoms with E-state index in [1.165, 1.54) is 6.07 Å². The molecule has 0 bridgehead atoms. The van der Waals surface area contributed by atoms with Crippen LogP contribution in [0.15, 0.2) is 23.1 Å². The number of hydrogen-bond acceptors (Lipinski definition) is 3. The van der Waals surface area contributed by atoms with Crippen molar-refractivity contribution in [2.75, 3.05) is 6.54 Å². The molecule has 5 heteroatoms. The van der Waals surface area contributed by atoms with Crippen molar-refractivity contribution in [1.82, 2.24) is 4.31 Å². The number of nitrogens with zero attached hydrogens (tertiary/aromatic N) is 2. The Morgan fingerprint density at radius 3 is 2.65 bits per heavy atom. The highest BCUT2D eigenvalue weighted by Gasteiger charge is 2.38. The van der Waals surface area contributed by atoms with E-state index in [2.05, 4.69) is 6.92 Å². The molecule has 1 saturated carbocycles. The summed E-state index contributed by atoms with van der Waals surface area (Å²) < 4.78 is 27.3. The van der Waals surface area contributed by atoms with Gasteiger partial charge in [0.1, 0.15) is 0 Å². The summed E-state index contributed by atoms with van der Waals surface area (Å²) in [6.07, 6.45) is 3.72. The Morgan fingerprint density at radius 2 is 2.10 bits per heavy atom. The lowest BCUT2D eigenvalue weighted by molar-refractivity contribution is 0.395. The van der Waals surface area contributed by atoms with E-state index in [-0.39, 0.29) is 10.9 Å². The van der Waals surface area contributed by atoms with Crippen molar-refractivity contribution in [2.45, 2.75) is 50.5 Å². The second kappa shape index (κ2) is 5.94. The van der Waals surface area contributed by atoms with Crippen LogP contribution < -0.4 is 0 Å². The van der Waals surface area contributed by atoms with Gasteiger partial charge in [-0.2, -0.15) is 9.57 Å². The molecule has 0 unspecified atom stereocenters. The van der Waals surface area contributed by atoms with E-state index in [1.807, 2.05) is 6.07 Å². The lowest BCUT2D eigenvalue weighted by Gasteiger charge is -2.22. The number of benzene rings is 1. The largest absolute Gasteiger partial charge is 0.243 e. The normalized spacial score (nSPS) is 15.3. The molecule has 0 N–H and O–H groups in total. The van der Waals surface area contributed by atoms with Crippen molar-refractivity contribution in [3.63, 3.8) is 0 Å². The first-order valence-corrected chi connectivity index (χ1v) is 8.47. The van der Waals surface area contributed by atoms with Crippen LogP contribution in [0.2, 0.25) is 0 Å². The van der Waals surface area contributed by atoms with Gasteiger partial charge in [0.25, 0.3) is 0 Å². The maximum absolute atomic E-state index is 12.8. The van der Waals surface area contributed by atoms with Gasteiger partial charge in [-0.1, -0.05) is 19.4 Å². The smallest absolute Gasteiger partial charge is 0.207 e. The summed E-state index contributed by atoms with van der Waals surface area (Å²) in [7, 11) is -3.49. The molecule has 0 amide bonds. The van der Waals surface area contributed by atoms with E-state index in [4.69, 9.17) is 5.26 Å². The predicted octanol–water partition coefficient (Wildman–Crippen LogP) is 2.82. The summed E-state index contributed by atoms with van der Waals surface area (Å²) in [4.78, 5) is 0.277. The molecule has 4 nitrogen and oxygen atoms in total. The van der Waals surface area contributed by atoms with Crippen LogP contribution in [0.4, 0.5) is 0 Å². The number of aryl methyl sites for hydroxylation is 1. The van der Waals surface area contributed by atoms with Crippen LogP contribution in [0.5, 0.6) is 0 Å². The first-order valence-electron chi connectivity index (χ1n) is 7.03. The first kappa shape index (κ1) is 15.0. The quantitative estimate of drug-likeness (QED) is 0.810. The number of nitriles is 1. The average molecular weight is 292 g/mol. The van der Waals surface area contributed by atoms with Gasteiger partial charge < -0.3 is 0 Å². The zero-order chi connectivity index (χ0) is 14.8. The maximum atomic E-state index is 12.8. The lowest BCUT2D eigenvalue weighted by atomic mass is 10.2. The van der Waals surface area contributed by atoms with Crippen LogP contribution in [0.25, 0.3) is 0 Å². The molecule has 20 heavy (non-hydrogen) atoms. The minimum atomic E-state index is -3.49. The number of unbranched alkanes of at least 4 members (excludes halogenated alkanes) is 1. The summed E-state index contributed by atoms with van der Waals surface area (Å²) in [5, 5.41) is 8.96. The average Bonchev–Trinajstić information content (AvgIpc) is 3.24. The van der Waals surface area contributed by atoms with Crippen LogP contribution in [-0.4, -0.2) is 25.3 Å². The Labute approximate surface area is 121 Å². The SMILES string of the molecule is CCCCN(C1CC1)S(=O)(=O)c1cc(C#N)ccc1C. The Bertz CT molecular complexity index is 628. The zero-order valence-corrected chi connectivity index (χ0v) is 12.8. The van der Waals surface area contributed by atoms with Crippen LogP contribution in [0.1, 0.15) is 43.7 Å². The van der Waals surface area contributed by atoms with Gasteiger partial charge in [-0.15, -0.1) is 0 Å². The van der Waals surface area contributed by atoms with E-state index < -0.39 is 10.0 Å². The molecule has 1 aliphatic rings. The van der Waals surface area contributed by atoms with Gasteiger partial charge in [-0.25, -0.2) is 8.42 Å². The van der Waals surface area contributed by atoms with Gasteiger partial charge in [0.05, 0.1) is 16.5 Å². The molecule has 1 aliphatic carbocycles. The van der Waals surface area contributed by atoms with E-state index >= 15 is 0 Å². The van der Waals surface area contributed by atoms with Gasteiger partial charge in [-0.05, 0) is 43.9 Å². The fourth-order valence-corrected chi connectivity index (χ4v) is 4.23. The molecule has 1 aromatic carbocycles. The maximum Gasteiger partial charge on any atom is 0.243 e. The molecule has 0 spiro atoms. The van der Waals surface area contributed by atoms with E-state index in [0.29, 0.717) is 17.7 Å². The van der Waals surface area contributed by atoms with Gasteiger partial charge in [0.2, 0.25) is 10.0 Å². The molecule has 108 valence electrons. The highest BCUT2D eigenvalue weighted by Crippen LogP contribution is 2.33. The molecule has 0 heterocycles. The van der Waals surface area contributed by atoms with Gasteiger partial charge >= 0.3 is 0 Å². The van der Waals surface area contributed by atoms with Crippen LogP contribution in [0, 0.1) is 18.3 Å². The number of rotatable bonds is 6. The first-order chi connectivity index (χ1) is 9.50. The fourth-order valence-electron chi connectivity index (χ4n) is 2.25. The Balaban J connectivity index is 2.39. The molecule has 0 radical (unpaired) electrons. The molecule has 0 aliphatic heterocycles. The summed E-state index contributed by atoms with van der Waals surface area (Å²) in [6.45, 7) is 4.40. The third-order valence-electron chi connectivity index (χ3n) is 3.59. The van der Waals surface area contributed by atoms with Crippen molar-refractivity contribution in [1.29, 1.82) is 5.26 Å². The number of hydrogen-bond donors (Lipinski definition) is 0. The molecule has 0 atom stereocenters. The van der Waals surface area contributed by atoms with Crippen molar-refractivity contribution in [3.8, 4) is 6.07 Å². The summed E-state index contributed by atoms with van der Waals surface area (Å²) in [6, 6.07) is 7.01. The van der Waals surface area contributed by atoms with Crippen LogP contribution in [-0.2, 0) is 10.0 Å². The molecule has 0 saturated heterocycles. The topological polar surface area (TPSA) is 61.2 Å². The highest BCUT2D eigenvalue weighted by atomic mass is 32.2. The number of sulfonamides is 1. The van der Waals surface area contributed by atoms with Crippen molar-refractivity contribution < 1.29 is 8.42 Å². The molecule has 1 fully saturated rings. The van der Waals surface area contributed by atoms with E-state index in [0.717, 1.165) is 25.7 Å². The summed E-state index contributed by atoms with van der Waals surface area (Å²) in [5.74, 6) is 0. The molecule has 1 aromatic rings. The molecule has 2 rings (SSSR count). The molecular weight excluding hydrogens is 272 g/mol. The van der Waals surface area contributed by atoms with Gasteiger partial charge in [0, 0.05) is 12.6 Å². The Hall–Kier alpha value is -1.38. The second-order valence-electron chi connectivity index (χ2n) is 5.29.